The molecule has 0 saturated carbocycles. The topological polar surface area (TPSA) is 111 Å². The second kappa shape index (κ2) is 5.85. The molecule has 2 aliphatic rings. The number of carbonyl (C=O) groups excluding carboxylic acids is 2. The summed E-state index contributed by atoms with van der Waals surface area (Å²) in [6.45, 7) is 1.26. The van der Waals surface area contributed by atoms with E-state index in [9.17, 15) is 18.0 Å². The standard InChI is InChI=1S/C10H16N2O6S/c13-9(7-3-1-5-11-7)17-19(15,16)18-10(14)8-4-2-6-12-8/h7-8,11-12H,1-6H2/t7-,8-/m0/s1. The van der Waals surface area contributed by atoms with Crippen molar-refractivity contribution in [3.05, 3.63) is 0 Å². The highest BCUT2D eigenvalue weighted by atomic mass is 32.3. The van der Waals surface area contributed by atoms with Crippen LogP contribution >= 0.6 is 0 Å². The Balaban J connectivity index is 1.87. The largest absolute Gasteiger partial charge is 0.506 e. The van der Waals surface area contributed by atoms with Gasteiger partial charge in [-0.3, -0.25) is 0 Å². The minimum Gasteiger partial charge on any atom is -0.314 e. The molecule has 2 fully saturated rings. The van der Waals surface area contributed by atoms with Gasteiger partial charge in [0.15, 0.2) is 0 Å². The predicted molar refractivity (Wildman–Crippen MR) is 63.2 cm³/mol. The van der Waals surface area contributed by atoms with Gasteiger partial charge in [0.05, 0.1) is 0 Å². The van der Waals surface area contributed by atoms with Crippen molar-refractivity contribution < 1.29 is 26.4 Å². The van der Waals surface area contributed by atoms with E-state index in [1.165, 1.54) is 0 Å². The van der Waals surface area contributed by atoms with Crippen LogP contribution in [0.15, 0.2) is 0 Å². The monoisotopic (exact) mass is 292 g/mol. The summed E-state index contributed by atoms with van der Waals surface area (Å²) in [5.74, 6) is -1.88. The van der Waals surface area contributed by atoms with Gasteiger partial charge in [-0.25, -0.2) is 9.59 Å². The highest BCUT2D eigenvalue weighted by Gasteiger charge is 2.33. The Labute approximate surface area is 111 Å². The Bertz CT molecular complexity index is 415. The first-order valence-corrected chi connectivity index (χ1v) is 7.49. The SMILES string of the molecule is O=C(OS(=O)(=O)OC(=O)[C@@H]1CCCN1)[C@@H]1CCCN1. The molecule has 8 nitrogen and oxygen atoms in total. The molecule has 0 aromatic heterocycles. The van der Waals surface area contributed by atoms with Gasteiger partial charge in [-0.15, -0.1) is 8.42 Å². The zero-order valence-electron chi connectivity index (χ0n) is 10.3. The molecule has 108 valence electrons. The lowest BCUT2D eigenvalue weighted by molar-refractivity contribution is -0.139. The molecular formula is C10H16N2O6S. The van der Waals surface area contributed by atoms with Gasteiger partial charge >= 0.3 is 22.3 Å². The third kappa shape index (κ3) is 3.88. The lowest BCUT2D eigenvalue weighted by Crippen LogP contribution is -2.37. The molecule has 2 saturated heterocycles. The summed E-state index contributed by atoms with van der Waals surface area (Å²) in [6.07, 6.45) is 2.55. The maximum atomic E-state index is 11.5. The van der Waals surface area contributed by atoms with Gasteiger partial charge in [-0.1, -0.05) is 0 Å². The molecule has 2 heterocycles. The van der Waals surface area contributed by atoms with Gasteiger partial charge in [0.1, 0.15) is 12.1 Å². The molecular weight excluding hydrogens is 276 g/mol. The van der Waals surface area contributed by atoms with Crippen molar-refractivity contribution >= 4 is 22.3 Å². The molecule has 0 aliphatic carbocycles. The molecule has 2 atom stereocenters. The maximum Gasteiger partial charge on any atom is 0.506 e. The Morgan fingerprint density at radius 1 is 0.895 bits per heavy atom. The van der Waals surface area contributed by atoms with Crippen LogP contribution in [0.3, 0.4) is 0 Å². The summed E-state index contributed by atoms with van der Waals surface area (Å²) >= 11 is 0. The van der Waals surface area contributed by atoms with Crippen molar-refractivity contribution in [2.75, 3.05) is 13.1 Å². The quantitative estimate of drug-likeness (QED) is 0.666. The molecule has 0 aromatic rings. The van der Waals surface area contributed by atoms with E-state index in [0.717, 1.165) is 12.8 Å². The molecule has 2 N–H and O–H groups in total. The summed E-state index contributed by atoms with van der Waals surface area (Å²) in [6, 6.07) is -1.31. The van der Waals surface area contributed by atoms with E-state index in [2.05, 4.69) is 19.0 Å². The molecule has 19 heavy (non-hydrogen) atoms. The summed E-state index contributed by atoms with van der Waals surface area (Å²) in [5, 5.41) is 5.59. The van der Waals surface area contributed by atoms with E-state index in [1.807, 2.05) is 0 Å². The first-order chi connectivity index (χ1) is 8.98. The third-order valence-electron chi connectivity index (χ3n) is 3.06. The van der Waals surface area contributed by atoms with Crippen LogP contribution in [-0.2, 0) is 28.4 Å². The van der Waals surface area contributed by atoms with Crippen LogP contribution < -0.4 is 10.6 Å². The Hall–Kier alpha value is -1.19. The fourth-order valence-corrected chi connectivity index (χ4v) is 2.77. The predicted octanol–water partition coefficient (Wildman–Crippen LogP) is -1.18. The van der Waals surface area contributed by atoms with Crippen molar-refractivity contribution in [2.45, 2.75) is 37.8 Å². The summed E-state index contributed by atoms with van der Waals surface area (Å²) in [5.41, 5.74) is 0. The Kier molecular flexibility index (Phi) is 4.38. The van der Waals surface area contributed by atoms with Gasteiger partial charge in [0, 0.05) is 0 Å². The van der Waals surface area contributed by atoms with Crippen LogP contribution in [-0.4, -0.2) is 45.5 Å². The zero-order chi connectivity index (χ0) is 13.9. The van der Waals surface area contributed by atoms with Crippen LogP contribution in [0.5, 0.6) is 0 Å². The van der Waals surface area contributed by atoms with E-state index in [1.54, 1.807) is 0 Å². The number of hydrogen-bond acceptors (Lipinski definition) is 8. The van der Waals surface area contributed by atoms with Crippen molar-refractivity contribution in [1.29, 1.82) is 0 Å². The maximum absolute atomic E-state index is 11.5. The Morgan fingerprint density at radius 2 is 1.32 bits per heavy atom. The fraction of sp³-hybridized carbons (Fsp3) is 0.800. The van der Waals surface area contributed by atoms with Crippen LogP contribution in [0.2, 0.25) is 0 Å². The summed E-state index contributed by atoms with van der Waals surface area (Å²) < 4.78 is 31.4. The van der Waals surface area contributed by atoms with E-state index < -0.39 is 34.4 Å². The number of carbonyl (C=O) groups is 2. The minimum atomic E-state index is -4.63. The van der Waals surface area contributed by atoms with Crippen LogP contribution in [0.4, 0.5) is 0 Å². The van der Waals surface area contributed by atoms with Gasteiger partial charge in [0.25, 0.3) is 0 Å². The van der Waals surface area contributed by atoms with E-state index in [4.69, 9.17) is 0 Å². The molecule has 0 bridgehead atoms. The number of rotatable bonds is 4. The van der Waals surface area contributed by atoms with Crippen molar-refractivity contribution in [1.82, 2.24) is 10.6 Å². The van der Waals surface area contributed by atoms with Gasteiger partial charge in [0.2, 0.25) is 0 Å². The van der Waals surface area contributed by atoms with E-state index in [-0.39, 0.29) is 0 Å². The molecule has 0 radical (unpaired) electrons. The van der Waals surface area contributed by atoms with Crippen LogP contribution in [0.25, 0.3) is 0 Å². The molecule has 0 spiro atoms. The molecule has 2 rings (SSSR count). The molecule has 0 amide bonds. The first-order valence-electron chi connectivity index (χ1n) is 6.16. The van der Waals surface area contributed by atoms with E-state index >= 15 is 0 Å². The van der Waals surface area contributed by atoms with Crippen LogP contribution in [0.1, 0.15) is 25.7 Å². The Morgan fingerprint density at radius 3 is 1.63 bits per heavy atom. The van der Waals surface area contributed by atoms with Crippen molar-refractivity contribution in [3.63, 3.8) is 0 Å². The minimum absolute atomic E-state index is 0.506. The van der Waals surface area contributed by atoms with Crippen molar-refractivity contribution in [2.24, 2.45) is 0 Å². The van der Waals surface area contributed by atoms with Gasteiger partial charge in [-0.05, 0) is 38.8 Å². The number of hydrogen-bond donors (Lipinski definition) is 2. The molecule has 0 unspecified atom stereocenters. The summed E-state index contributed by atoms with van der Waals surface area (Å²) in [4.78, 5) is 23.0. The zero-order valence-corrected chi connectivity index (χ0v) is 11.1. The molecule has 2 aliphatic heterocycles. The normalized spacial score (nSPS) is 27.2. The second-order valence-corrected chi connectivity index (χ2v) is 5.66. The summed E-state index contributed by atoms with van der Waals surface area (Å²) in [7, 11) is -4.63. The lowest BCUT2D eigenvalue weighted by Gasteiger charge is -2.11. The second-order valence-electron chi connectivity index (χ2n) is 4.51. The van der Waals surface area contributed by atoms with Gasteiger partial charge in [-0.2, -0.15) is 0 Å². The smallest absolute Gasteiger partial charge is 0.314 e. The van der Waals surface area contributed by atoms with Gasteiger partial charge < -0.3 is 19.0 Å². The molecule has 9 heteroatoms. The highest BCUT2D eigenvalue weighted by molar-refractivity contribution is 7.82. The average Bonchev–Trinajstić information content (AvgIpc) is 3.01. The first kappa shape index (κ1) is 14.2. The third-order valence-corrected chi connectivity index (χ3v) is 3.79. The average molecular weight is 292 g/mol. The van der Waals surface area contributed by atoms with Crippen LogP contribution in [0, 0.1) is 0 Å². The van der Waals surface area contributed by atoms with Crippen molar-refractivity contribution in [3.8, 4) is 0 Å². The van der Waals surface area contributed by atoms with E-state index in [0.29, 0.717) is 25.9 Å². The molecule has 0 aromatic carbocycles. The highest BCUT2D eigenvalue weighted by Crippen LogP contribution is 2.12. The number of nitrogens with one attached hydrogen (secondary N) is 2. The lowest BCUT2D eigenvalue weighted by atomic mass is 10.2. The fourth-order valence-electron chi connectivity index (χ4n) is 2.11.